The predicted octanol–water partition coefficient (Wildman–Crippen LogP) is 2.32. The van der Waals surface area contributed by atoms with Crippen molar-refractivity contribution in [3.05, 3.63) is 58.7 Å². The smallest absolute Gasteiger partial charge is 0.309 e. The number of aromatic amines is 1. The van der Waals surface area contributed by atoms with Gasteiger partial charge in [0.25, 0.3) is 0 Å². The molecule has 0 fully saturated rings. The van der Waals surface area contributed by atoms with Crippen LogP contribution in [0.5, 0.6) is 0 Å². The van der Waals surface area contributed by atoms with Crippen LogP contribution in [-0.2, 0) is 11.2 Å². The Labute approximate surface area is 108 Å². The summed E-state index contributed by atoms with van der Waals surface area (Å²) >= 11 is 0. The Hall–Kier alpha value is -2.43. The van der Waals surface area contributed by atoms with Gasteiger partial charge < -0.3 is 10.1 Å². The van der Waals surface area contributed by atoms with Crippen LogP contribution >= 0.6 is 0 Å². The fourth-order valence-corrected chi connectivity index (χ4v) is 1.87. The van der Waals surface area contributed by atoms with Crippen LogP contribution in [0.3, 0.4) is 0 Å². The summed E-state index contributed by atoms with van der Waals surface area (Å²) in [5, 5.41) is 8.71. The number of benzene rings is 1. The van der Waals surface area contributed by atoms with Crippen molar-refractivity contribution in [1.82, 2.24) is 4.98 Å². The van der Waals surface area contributed by atoms with E-state index >= 15 is 0 Å². The summed E-state index contributed by atoms with van der Waals surface area (Å²) in [4.78, 5) is 25.6. The van der Waals surface area contributed by atoms with Gasteiger partial charge in [-0.3, -0.25) is 9.59 Å². The molecule has 0 aliphatic heterocycles. The summed E-state index contributed by atoms with van der Waals surface area (Å²) in [6.45, 7) is 1.72. The van der Waals surface area contributed by atoms with E-state index in [2.05, 4.69) is 4.98 Å². The molecule has 0 atom stereocenters. The van der Waals surface area contributed by atoms with Crippen LogP contribution < -0.4 is 0 Å². The Morgan fingerprint density at radius 2 is 1.89 bits per heavy atom. The van der Waals surface area contributed by atoms with Crippen molar-refractivity contribution >= 4 is 11.8 Å². The third-order valence-corrected chi connectivity index (χ3v) is 2.75. The molecule has 0 aliphatic carbocycles. The number of carboxylic acid groups (broad SMARTS) is 1. The molecule has 19 heavy (non-hydrogen) atoms. The van der Waals surface area contributed by atoms with Gasteiger partial charge in [0.2, 0.25) is 5.78 Å². The number of H-pyrrole nitrogens is 1. The van der Waals surface area contributed by atoms with Crippen molar-refractivity contribution in [2.45, 2.75) is 13.3 Å². The third-order valence-electron chi connectivity index (χ3n) is 2.75. The Morgan fingerprint density at radius 3 is 2.47 bits per heavy atom. The van der Waals surface area contributed by atoms with Crippen molar-refractivity contribution in [3.8, 4) is 0 Å². The van der Waals surface area contributed by atoms with Crippen LogP contribution in [-0.4, -0.2) is 21.8 Å². The van der Waals surface area contributed by atoms with Gasteiger partial charge in [0, 0.05) is 11.3 Å². The fraction of sp³-hybridized carbons (Fsp3) is 0.143. The number of carbonyl (C=O) groups is 2. The van der Waals surface area contributed by atoms with Crippen molar-refractivity contribution < 1.29 is 19.1 Å². The minimum atomic E-state index is -0.970. The zero-order valence-corrected chi connectivity index (χ0v) is 10.2. The molecule has 0 spiro atoms. The molecule has 5 heteroatoms. The Kier molecular flexibility index (Phi) is 3.46. The van der Waals surface area contributed by atoms with Crippen molar-refractivity contribution in [2.75, 3.05) is 0 Å². The third kappa shape index (κ3) is 2.88. The van der Waals surface area contributed by atoms with Crippen LogP contribution in [0.15, 0.2) is 30.3 Å². The van der Waals surface area contributed by atoms with Gasteiger partial charge >= 0.3 is 5.97 Å². The molecule has 4 nitrogen and oxygen atoms in total. The molecule has 2 rings (SSSR count). The maximum atomic E-state index is 12.8. The van der Waals surface area contributed by atoms with E-state index in [0.29, 0.717) is 22.5 Å². The molecular formula is C14H12FNO3. The van der Waals surface area contributed by atoms with Gasteiger partial charge in [-0.25, -0.2) is 4.39 Å². The molecule has 0 unspecified atom stereocenters. The lowest BCUT2D eigenvalue weighted by atomic mass is 10.1. The molecular weight excluding hydrogens is 249 g/mol. The topological polar surface area (TPSA) is 70.2 Å². The second-order valence-corrected chi connectivity index (χ2v) is 4.26. The van der Waals surface area contributed by atoms with E-state index in [1.807, 2.05) is 0 Å². The minimum Gasteiger partial charge on any atom is -0.481 e. The van der Waals surface area contributed by atoms with Crippen molar-refractivity contribution in [3.63, 3.8) is 0 Å². The largest absolute Gasteiger partial charge is 0.481 e. The summed E-state index contributed by atoms with van der Waals surface area (Å²) in [6, 6.07) is 6.85. The van der Waals surface area contributed by atoms with Gasteiger partial charge in [-0.2, -0.15) is 0 Å². The molecule has 1 aromatic carbocycles. The maximum absolute atomic E-state index is 12.8. The molecule has 1 aromatic heterocycles. The summed E-state index contributed by atoms with van der Waals surface area (Å²) in [5.74, 6) is -1.66. The number of carbonyl (C=O) groups excluding carboxylic acids is 1. The molecule has 0 radical (unpaired) electrons. The molecule has 0 amide bonds. The summed E-state index contributed by atoms with van der Waals surface area (Å²) in [5.41, 5.74) is 1.83. The number of halogens is 1. The maximum Gasteiger partial charge on any atom is 0.309 e. The van der Waals surface area contributed by atoms with Crippen LogP contribution in [0.4, 0.5) is 4.39 Å². The quantitative estimate of drug-likeness (QED) is 0.830. The van der Waals surface area contributed by atoms with E-state index in [0.717, 1.165) is 0 Å². The minimum absolute atomic E-state index is 0.169. The number of aromatic nitrogens is 1. The van der Waals surface area contributed by atoms with Crippen molar-refractivity contribution in [2.24, 2.45) is 0 Å². The molecule has 2 N–H and O–H groups in total. The Morgan fingerprint density at radius 1 is 1.26 bits per heavy atom. The van der Waals surface area contributed by atoms with Crippen LogP contribution in [0.1, 0.15) is 27.3 Å². The highest BCUT2D eigenvalue weighted by Gasteiger charge is 2.15. The van der Waals surface area contributed by atoms with Gasteiger partial charge in [0.15, 0.2) is 0 Å². The van der Waals surface area contributed by atoms with Crippen molar-refractivity contribution in [1.29, 1.82) is 0 Å². The molecule has 0 saturated heterocycles. The monoisotopic (exact) mass is 261 g/mol. The number of nitrogens with one attached hydrogen (secondary N) is 1. The number of rotatable bonds is 4. The lowest BCUT2D eigenvalue weighted by Gasteiger charge is -2.00. The molecule has 0 saturated carbocycles. The zero-order chi connectivity index (χ0) is 14.0. The predicted molar refractivity (Wildman–Crippen MR) is 66.7 cm³/mol. The van der Waals surface area contributed by atoms with E-state index < -0.39 is 11.8 Å². The first-order valence-corrected chi connectivity index (χ1v) is 5.68. The molecule has 2 aromatic rings. The first-order chi connectivity index (χ1) is 8.97. The van der Waals surface area contributed by atoms with Gasteiger partial charge in [-0.05, 0) is 42.8 Å². The van der Waals surface area contributed by atoms with E-state index in [1.165, 1.54) is 24.3 Å². The highest BCUT2D eigenvalue weighted by Crippen LogP contribution is 2.16. The number of carboxylic acids is 1. The molecule has 1 heterocycles. The Balaban J connectivity index is 2.31. The lowest BCUT2D eigenvalue weighted by molar-refractivity contribution is -0.136. The fourth-order valence-electron chi connectivity index (χ4n) is 1.87. The molecule has 0 bridgehead atoms. The number of ketones is 1. The first-order valence-electron chi connectivity index (χ1n) is 5.68. The second-order valence-electron chi connectivity index (χ2n) is 4.26. The standard InChI is InChI=1S/C14H12FNO3/c1-8-6-11(7-12(17)18)16-13(8)14(19)9-2-4-10(15)5-3-9/h2-6,16H,7H2,1H3,(H,17,18). The summed E-state index contributed by atoms with van der Waals surface area (Å²) in [7, 11) is 0. The van der Waals surface area contributed by atoms with E-state index in [-0.39, 0.29) is 12.2 Å². The van der Waals surface area contributed by atoms with Crippen LogP contribution in [0, 0.1) is 12.7 Å². The van der Waals surface area contributed by atoms with E-state index in [1.54, 1.807) is 13.0 Å². The molecule has 0 aliphatic rings. The van der Waals surface area contributed by atoms with Gasteiger partial charge in [0.1, 0.15) is 5.82 Å². The van der Waals surface area contributed by atoms with E-state index in [4.69, 9.17) is 5.11 Å². The van der Waals surface area contributed by atoms with Crippen LogP contribution in [0.25, 0.3) is 0 Å². The highest BCUT2D eigenvalue weighted by atomic mass is 19.1. The average Bonchev–Trinajstić information content (AvgIpc) is 2.69. The Bertz CT molecular complexity index is 629. The van der Waals surface area contributed by atoms with Gasteiger partial charge in [-0.15, -0.1) is 0 Å². The van der Waals surface area contributed by atoms with Gasteiger partial charge in [-0.1, -0.05) is 0 Å². The summed E-state index contributed by atoms with van der Waals surface area (Å²) in [6.07, 6.45) is -0.169. The zero-order valence-electron chi connectivity index (χ0n) is 10.2. The first kappa shape index (κ1) is 13.0. The molecule has 98 valence electrons. The number of aliphatic carboxylic acids is 1. The number of aryl methyl sites for hydroxylation is 1. The highest BCUT2D eigenvalue weighted by molar-refractivity contribution is 6.08. The normalized spacial score (nSPS) is 10.4. The summed E-state index contributed by atoms with van der Waals surface area (Å²) < 4.78 is 12.8. The lowest BCUT2D eigenvalue weighted by Crippen LogP contribution is -2.05. The van der Waals surface area contributed by atoms with Crippen LogP contribution in [0.2, 0.25) is 0 Å². The van der Waals surface area contributed by atoms with Gasteiger partial charge in [0.05, 0.1) is 12.1 Å². The van der Waals surface area contributed by atoms with E-state index in [9.17, 15) is 14.0 Å². The average molecular weight is 261 g/mol. The SMILES string of the molecule is Cc1cc(CC(=O)O)[nH]c1C(=O)c1ccc(F)cc1. The number of hydrogen-bond donors (Lipinski definition) is 2. The number of hydrogen-bond acceptors (Lipinski definition) is 2. The second kappa shape index (κ2) is 5.06.